The number of nitrogens with zero attached hydrogens (tertiary/aromatic N) is 5. The zero-order valence-electron chi connectivity index (χ0n) is 21.5. The molecule has 7 rings (SSSR count). The average Bonchev–Trinajstić information content (AvgIpc) is 3.59. The van der Waals surface area contributed by atoms with Gasteiger partial charge in [0, 0.05) is 41.8 Å². The number of ether oxygens (including phenoxy) is 1. The van der Waals surface area contributed by atoms with Crippen molar-refractivity contribution < 1.29 is 25.8 Å². The van der Waals surface area contributed by atoms with Crippen LogP contribution in [0.3, 0.4) is 0 Å². The van der Waals surface area contributed by atoms with Crippen LogP contribution < -0.4 is 4.74 Å². The van der Waals surface area contributed by atoms with Crippen molar-refractivity contribution in [3.05, 3.63) is 114 Å². The Morgan fingerprint density at radius 2 is 1.54 bits per heavy atom. The molecule has 0 radical (unpaired) electrons. The molecular formula is C32H23N5OPt. The molecule has 0 saturated heterocycles. The van der Waals surface area contributed by atoms with Crippen molar-refractivity contribution in [3.63, 3.8) is 0 Å². The number of benzene rings is 3. The van der Waals surface area contributed by atoms with Crippen molar-refractivity contribution in [1.82, 2.24) is 24.1 Å². The van der Waals surface area contributed by atoms with Gasteiger partial charge < -0.3 is 9.14 Å². The summed E-state index contributed by atoms with van der Waals surface area (Å²) >= 11 is 0. The standard InChI is InChI=1S/C32H23N5O.Pt/c1-20-16-21(2)30(22(3)17-20)29-11-14-37(35-29)23-6-4-7-24(18-23)38-25-9-10-26-27-8-5-12-33-31(27)36-15-13-34-32(36)28(26)19-25;/h4-17H,1-3H3;/q-2;+2. The smallest absolute Gasteiger partial charge is 0.503 e. The van der Waals surface area contributed by atoms with Crippen LogP contribution in [-0.4, -0.2) is 24.1 Å². The molecule has 0 aliphatic rings. The van der Waals surface area contributed by atoms with Gasteiger partial charge in [-0.3, -0.25) is 9.67 Å². The summed E-state index contributed by atoms with van der Waals surface area (Å²) in [6.07, 6.45) is 7.45. The van der Waals surface area contributed by atoms with E-state index in [1.54, 1.807) is 12.4 Å². The van der Waals surface area contributed by atoms with Gasteiger partial charge in [0.15, 0.2) is 0 Å². The molecule has 0 saturated carbocycles. The molecule has 6 nitrogen and oxygen atoms in total. The predicted octanol–water partition coefficient (Wildman–Crippen LogP) is 7.20. The number of pyridine rings is 2. The minimum Gasteiger partial charge on any atom is -0.503 e. The van der Waals surface area contributed by atoms with Gasteiger partial charge in [-0.1, -0.05) is 40.6 Å². The maximum Gasteiger partial charge on any atom is 2.00 e. The maximum absolute atomic E-state index is 6.22. The molecule has 0 spiro atoms. The normalized spacial score (nSPS) is 11.3. The fourth-order valence-corrected chi connectivity index (χ4v) is 5.32. The molecule has 4 heterocycles. The first-order valence-electron chi connectivity index (χ1n) is 12.5. The molecule has 0 amide bonds. The van der Waals surface area contributed by atoms with E-state index in [1.165, 1.54) is 22.3 Å². The van der Waals surface area contributed by atoms with Crippen LogP contribution in [0.1, 0.15) is 16.7 Å². The van der Waals surface area contributed by atoms with Crippen molar-refractivity contribution in [1.29, 1.82) is 0 Å². The SMILES string of the molecule is Cc1cc(C)c(-c2ccn(-c3[c-]c(Oc4[c-]c5c(cc4)c4cccnc4n4ccnc54)ccc3)n2)c(C)c1.[Pt+2]. The summed E-state index contributed by atoms with van der Waals surface area (Å²) in [6.45, 7) is 6.38. The molecule has 0 fully saturated rings. The van der Waals surface area contributed by atoms with Gasteiger partial charge in [-0.15, -0.1) is 30.3 Å². The topological polar surface area (TPSA) is 57.2 Å². The second-order valence-corrected chi connectivity index (χ2v) is 9.53. The van der Waals surface area contributed by atoms with Crippen molar-refractivity contribution in [2.75, 3.05) is 0 Å². The molecule has 3 aromatic carbocycles. The van der Waals surface area contributed by atoms with E-state index in [2.05, 4.69) is 61.1 Å². The molecule has 0 aliphatic heterocycles. The molecule has 0 aliphatic carbocycles. The van der Waals surface area contributed by atoms with Crippen LogP contribution in [0, 0.1) is 32.9 Å². The molecule has 4 aromatic heterocycles. The number of hydrogen-bond donors (Lipinski definition) is 0. The fourth-order valence-electron chi connectivity index (χ4n) is 5.32. The summed E-state index contributed by atoms with van der Waals surface area (Å²) in [5, 5.41) is 7.80. The van der Waals surface area contributed by atoms with E-state index in [9.17, 15) is 0 Å². The van der Waals surface area contributed by atoms with Crippen molar-refractivity contribution in [3.8, 4) is 28.4 Å². The van der Waals surface area contributed by atoms with Gasteiger partial charge in [0.25, 0.3) is 0 Å². The van der Waals surface area contributed by atoms with Crippen molar-refractivity contribution in [2.45, 2.75) is 20.8 Å². The minimum atomic E-state index is 0. The van der Waals surface area contributed by atoms with Crippen LogP contribution in [0.25, 0.3) is 44.4 Å². The number of rotatable bonds is 4. The Morgan fingerprint density at radius 1 is 0.744 bits per heavy atom. The second-order valence-electron chi connectivity index (χ2n) is 9.53. The van der Waals surface area contributed by atoms with Crippen LogP contribution in [0.4, 0.5) is 0 Å². The largest absolute Gasteiger partial charge is 2.00 e. The average molecular weight is 689 g/mol. The van der Waals surface area contributed by atoms with Crippen molar-refractivity contribution >= 4 is 27.5 Å². The summed E-state index contributed by atoms with van der Waals surface area (Å²) in [7, 11) is 0. The zero-order chi connectivity index (χ0) is 25.8. The van der Waals surface area contributed by atoms with Crippen LogP contribution in [-0.2, 0) is 21.1 Å². The Bertz CT molecular complexity index is 1980. The van der Waals surface area contributed by atoms with E-state index >= 15 is 0 Å². The molecule has 7 aromatic rings. The first-order chi connectivity index (χ1) is 18.5. The summed E-state index contributed by atoms with van der Waals surface area (Å²) in [5.74, 6) is 1.17. The zero-order valence-corrected chi connectivity index (χ0v) is 23.8. The third-order valence-corrected chi connectivity index (χ3v) is 6.83. The number of hydrogen-bond acceptors (Lipinski definition) is 4. The molecule has 0 N–H and O–H groups in total. The monoisotopic (exact) mass is 688 g/mol. The first-order valence-corrected chi connectivity index (χ1v) is 12.5. The summed E-state index contributed by atoms with van der Waals surface area (Å²) < 4.78 is 10.0. The van der Waals surface area contributed by atoms with E-state index in [-0.39, 0.29) is 21.1 Å². The summed E-state index contributed by atoms with van der Waals surface area (Å²) in [5.41, 5.74) is 8.25. The van der Waals surface area contributed by atoms with Gasteiger partial charge in [-0.2, -0.15) is 11.2 Å². The minimum absolute atomic E-state index is 0. The Labute approximate surface area is 240 Å². The molecular weight excluding hydrogens is 665 g/mol. The quantitative estimate of drug-likeness (QED) is 0.145. The number of aryl methyl sites for hydroxylation is 3. The molecule has 0 atom stereocenters. The number of aromatic nitrogens is 5. The third-order valence-electron chi connectivity index (χ3n) is 6.83. The van der Waals surface area contributed by atoms with Gasteiger partial charge in [0.05, 0.1) is 11.3 Å². The maximum atomic E-state index is 6.22. The van der Waals surface area contributed by atoms with Crippen LogP contribution in [0.15, 0.2) is 85.5 Å². The van der Waals surface area contributed by atoms with Crippen LogP contribution in [0.2, 0.25) is 0 Å². The van der Waals surface area contributed by atoms with E-state index in [0.29, 0.717) is 11.5 Å². The number of fused-ring (bicyclic) bond motifs is 6. The molecule has 7 heteroatoms. The van der Waals surface area contributed by atoms with Gasteiger partial charge in [0.2, 0.25) is 0 Å². The van der Waals surface area contributed by atoms with E-state index in [4.69, 9.17) is 9.84 Å². The first kappa shape index (κ1) is 25.0. The molecule has 39 heavy (non-hydrogen) atoms. The molecule has 0 bridgehead atoms. The Hall–Kier alpha value is -4.28. The van der Waals surface area contributed by atoms with Crippen molar-refractivity contribution in [2.24, 2.45) is 0 Å². The Kier molecular flexibility index (Phi) is 6.28. The predicted molar refractivity (Wildman–Crippen MR) is 149 cm³/mol. The van der Waals surface area contributed by atoms with Gasteiger partial charge >= 0.3 is 21.1 Å². The van der Waals surface area contributed by atoms with E-state index < -0.39 is 0 Å². The fraction of sp³-hybridized carbons (Fsp3) is 0.0938. The van der Waals surface area contributed by atoms with E-state index in [0.717, 1.165) is 38.8 Å². The van der Waals surface area contributed by atoms with E-state index in [1.807, 2.05) is 63.9 Å². The number of imidazole rings is 1. The molecule has 192 valence electrons. The van der Waals surface area contributed by atoms with Crippen LogP contribution in [0.5, 0.6) is 11.5 Å². The van der Waals surface area contributed by atoms with Crippen LogP contribution >= 0.6 is 0 Å². The van der Waals surface area contributed by atoms with Gasteiger partial charge in [0.1, 0.15) is 5.65 Å². The van der Waals surface area contributed by atoms with Gasteiger partial charge in [-0.05, 0) is 55.1 Å². The second kappa shape index (κ2) is 9.79. The van der Waals surface area contributed by atoms with Gasteiger partial charge in [-0.25, -0.2) is 4.98 Å². The summed E-state index contributed by atoms with van der Waals surface area (Å²) in [4.78, 5) is 9.12. The molecule has 0 unspecified atom stereocenters. The Morgan fingerprint density at radius 3 is 2.38 bits per heavy atom. The Balaban J connectivity index is 0.00000277. The summed E-state index contributed by atoms with van der Waals surface area (Å²) in [6, 6.07) is 27.0. The third kappa shape index (κ3) is 4.31.